The van der Waals surface area contributed by atoms with Gasteiger partial charge in [0, 0.05) is 12.3 Å². The molecule has 0 radical (unpaired) electrons. The zero-order chi connectivity index (χ0) is 13.4. The highest BCUT2D eigenvalue weighted by Crippen LogP contribution is 2.40. The number of nitrogens with zero attached hydrogens (tertiary/aromatic N) is 1. The number of H-pyrrole nitrogens is 1. The lowest BCUT2D eigenvalue weighted by atomic mass is 10.1. The quantitative estimate of drug-likeness (QED) is 0.845. The molecule has 1 N–H and O–H groups in total. The molecule has 2 aromatic rings. The molecule has 5 heteroatoms. The number of hydrogen-bond donors (Lipinski definition) is 1. The average Bonchev–Trinajstić information content (AvgIpc) is 3.21. The summed E-state index contributed by atoms with van der Waals surface area (Å²) >= 11 is 2.06. The van der Waals surface area contributed by atoms with Gasteiger partial charge in [-0.3, -0.25) is 4.79 Å². The Labute approximate surface area is 123 Å². The third-order valence-electron chi connectivity index (χ3n) is 3.19. The van der Waals surface area contributed by atoms with Crippen molar-refractivity contribution in [1.82, 2.24) is 9.97 Å². The van der Waals surface area contributed by atoms with Crippen molar-refractivity contribution in [3.05, 3.63) is 61.1 Å². The number of aromatic amines is 1. The minimum absolute atomic E-state index is 0.0744. The predicted octanol–water partition coefficient (Wildman–Crippen LogP) is 2.98. The van der Waals surface area contributed by atoms with Crippen molar-refractivity contribution in [2.75, 3.05) is 0 Å². The van der Waals surface area contributed by atoms with E-state index in [0.717, 1.165) is 24.1 Å². The molecule has 3 rings (SSSR count). The summed E-state index contributed by atoms with van der Waals surface area (Å²) in [6, 6.07) is 6.26. The standard InChI is InChI=1S/C14H12FIN2O/c15-10-5-1-8(2-6-10)7-11-17-13(9-3-4-9)12(16)14(19)18-11/h1-2,5-6,9H,3-4,7H2,(H,17,18,19). The number of nitrogens with one attached hydrogen (secondary N) is 1. The molecule has 1 aliphatic rings. The fourth-order valence-electron chi connectivity index (χ4n) is 2.03. The lowest BCUT2D eigenvalue weighted by Crippen LogP contribution is -2.18. The summed E-state index contributed by atoms with van der Waals surface area (Å²) < 4.78 is 13.5. The van der Waals surface area contributed by atoms with E-state index in [9.17, 15) is 9.18 Å². The molecule has 19 heavy (non-hydrogen) atoms. The van der Waals surface area contributed by atoms with Crippen LogP contribution in [0.25, 0.3) is 0 Å². The Hall–Kier alpha value is -1.24. The van der Waals surface area contributed by atoms with Crippen LogP contribution in [-0.4, -0.2) is 9.97 Å². The van der Waals surface area contributed by atoms with E-state index in [1.807, 2.05) is 0 Å². The van der Waals surface area contributed by atoms with Crippen LogP contribution in [0.2, 0.25) is 0 Å². The summed E-state index contributed by atoms with van der Waals surface area (Å²) in [7, 11) is 0. The molecular formula is C14H12FIN2O. The molecular weight excluding hydrogens is 358 g/mol. The lowest BCUT2D eigenvalue weighted by molar-refractivity contribution is 0.627. The highest BCUT2D eigenvalue weighted by atomic mass is 127. The van der Waals surface area contributed by atoms with Crippen LogP contribution in [0, 0.1) is 9.39 Å². The normalized spacial score (nSPS) is 14.6. The molecule has 0 bridgehead atoms. The van der Waals surface area contributed by atoms with E-state index < -0.39 is 0 Å². The third kappa shape index (κ3) is 2.86. The van der Waals surface area contributed by atoms with Crippen molar-refractivity contribution in [2.45, 2.75) is 25.2 Å². The smallest absolute Gasteiger partial charge is 0.264 e. The second-order valence-electron chi connectivity index (χ2n) is 4.79. The molecule has 1 aliphatic carbocycles. The van der Waals surface area contributed by atoms with Gasteiger partial charge in [0.05, 0.1) is 9.26 Å². The molecule has 0 atom stereocenters. The molecule has 0 spiro atoms. The van der Waals surface area contributed by atoms with E-state index in [0.29, 0.717) is 21.7 Å². The first-order chi connectivity index (χ1) is 9.13. The maximum Gasteiger partial charge on any atom is 0.264 e. The summed E-state index contributed by atoms with van der Waals surface area (Å²) in [4.78, 5) is 19.2. The van der Waals surface area contributed by atoms with Crippen LogP contribution in [0.5, 0.6) is 0 Å². The van der Waals surface area contributed by atoms with Crippen molar-refractivity contribution in [2.24, 2.45) is 0 Å². The molecule has 1 fully saturated rings. The van der Waals surface area contributed by atoms with Crippen LogP contribution in [0.15, 0.2) is 29.1 Å². The Balaban J connectivity index is 1.92. The van der Waals surface area contributed by atoms with Gasteiger partial charge in [-0.05, 0) is 53.1 Å². The molecule has 3 nitrogen and oxygen atoms in total. The van der Waals surface area contributed by atoms with Crippen LogP contribution in [0.1, 0.15) is 35.8 Å². The van der Waals surface area contributed by atoms with Crippen LogP contribution < -0.4 is 5.56 Å². The van der Waals surface area contributed by atoms with Crippen molar-refractivity contribution in [1.29, 1.82) is 0 Å². The Morgan fingerprint density at radius 1 is 1.32 bits per heavy atom. The summed E-state index contributed by atoms with van der Waals surface area (Å²) in [6.07, 6.45) is 2.75. The Morgan fingerprint density at radius 3 is 2.63 bits per heavy atom. The fourth-order valence-corrected chi connectivity index (χ4v) is 2.73. The summed E-state index contributed by atoms with van der Waals surface area (Å²) in [5.74, 6) is 0.839. The predicted molar refractivity (Wildman–Crippen MR) is 78.8 cm³/mol. The first-order valence-corrected chi connectivity index (χ1v) is 7.24. The monoisotopic (exact) mass is 370 g/mol. The zero-order valence-corrected chi connectivity index (χ0v) is 12.3. The molecule has 0 unspecified atom stereocenters. The van der Waals surface area contributed by atoms with Crippen LogP contribution in [0.3, 0.4) is 0 Å². The zero-order valence-electron chi connectivity index (χ0n) is 10.1. The Morgan fingerprint density at radius 2 is 2.00 bits per heavy atom. The molecule has 0 amide bonds. The van der Waals surface area contributed by atoms with Gasteiger partial charge in [-0.2, -0.15) is 0 Å². The summed E-state index contributed by atoms with van der Waals surface area (Å²) in [5.41, 5.74) is 1.78. The van der Waals surface area contributed by atoms with Gasteiger partial charge >= 0.3 is 0 Å². The maximum atomic E-state index is 12.8. The van der Waals surface area contributed by atoms with Crippen molar-refractivity contribution < 1.29 is 4.39 Å². The van der Waals surface area contributed by atoms with E-state index >= 15 is 0 Å². The van der Waals surface area contributed by atoms with Crippen molar-refractivity contribution in [3.8, 4) is 0 Å². The second-order valence-corrected chi connectivity index (χ2v) is 5.87. The van der Waals surface area contributed by atoms with Crippen molar-refractivity contribution >= 4 is 22.6 Å². The van der Waals surface area contributed by atoms with Gasteiger partial charge in [-0.1, -0.05) is 12.1 Å². The summed E-state index contributed by atoms with van der Waals surface area (Å²) in [6.45, 7) is 0. The van der Waals surface area contributed by atoms with Crippen LogP contribution in [-0.2, 0) is 6.42 Å². The Kier molecular flexibility index (Phi) is 3.38. The second kappa shape index (κ2) is 5.03. The van der Waals surface area contributed by atoms with Gasteiger partial charge in [-0.25, -0.2) is 9.37 Å². The van der Waals surface area contributed by atoms with E-state index in [2.05, 4.69) is 32.6 Å². The van der Waals surface area contributed by atoms with E-state index in [1.165, 1.54) is 12.1 Å². The van der Waals surface area contributed by atoms with E-state index in [-0.39, 0.29) is 11.4 Å². The number of rotatable bonds is 3. The topological polar surface area (TPSA) is 45.8 Å². The third-order valence-corrected chi connectivity index (χ3v) is 4.23. The first-order valence-electron chi connectivity index (χ1n) is 6.16. The fraction of sp³-hybridized carbons (Fsp3) is 0.286. The Bertz CT molecular complexity index is 662. The van der Waals surface area contributed by atoms with Crippen molar-refractivity contribution in [3.63, 3.8) is 0 Å². The number of benzene rings is 1. The maximum absolute atomic E-state index is 12.8. The molecule has 1 aromatic carbocycles. The molecule has 0 saturated heterocycles. The van der Waals surface area contributed by atoms with Gasteiger partial charge in [-0.15, -0.1) is 0 Å². The van der Waals surface area contributed by atoms with E-state index in [4.69, 9.17) is 0 Å². The average molecular weight is 370 g/mol. The number of aromatic nitrogens is 2. The molecule has 98 valence electrons. The van der Waals surface area contributed by atoms with Gasteiger partial charge in [0.15, 0.2) is 0 Å². The molecule has 1 saturated carbocycles. The first kappa shape index (κ1) is 12.8. The van der Waals surface area contributed by atoms with E-state index in [1.54, 1.807) is 12.1 Å². The van der Waals surface area contributed by atoms with Crippen LogP contribution in [0.4, 0.5) is 4.39 Å². The minimum atomic E-state index is -0.258. The molecule has 0 aliphatic heterocycles. The highest BCUT2D eigenvalue weighted by molar-refractivity contribution is 14.1. The lowest BCUT2D eigenvalue weighted by Gasteiger charge is -2.06. The van der Waals surface area contributed by atoms with Gasteiger partial charge in [0.1, 0.15) is 11.6 Å². The summed E-state index contributed by atoms with van der Waals surface area (Å²) in [5, 5.41) is 0. The number of halogens is 2. The minimum Gasteiger partial charge on any atom is -0.309 e. The molecule has 1 heterocycles. The van der Waals surface area contributed by atoms with Gasteiger partial charge in [0.2, 0.25) is 0 Å². The van der Waals surface area contributed by atoms with Gasteiger partial charge in [0.25, 0.3) is 5.56 Å². The van der Waals surface area contributed by atoms with Crippen LogP contribution >= 0.6 is 22.6 Å². The number of hydrogen-bond acceptors (Lipinski definition) is 2. The molecule has 1 aromatic heterocycles. The largest absolute Gasteiger partial charge is 0.309 e. The van der Waals surface area contributed by atoms with Gasteiger partial charge < -0.3 is 4.98 Å². The highest BCUT2D eigenvalue weighted by Gasteiger charge is 2.28. The SMILES string of the molecule is O=c1[nH]c(Cc2ccc(F)cc2)nc(C2CC2)c1I.